The molecule has 0 aliphatic carbocycles. The van der Waals surface area contributed by atoms with Gasteiger partial charge in [0.25, 0.3) is 0 Å². The number of carboxylic acid groups (broad SMARTS) is 1. The van der Waals surface area contributed by atoms with Crippen LogP contribution in [0, 0.1) is 0 Å². The first-order chi connectivity index (χ1) is 8.25. The molecule has 0 bridgehead atoms. The van der Waals surface area contributed by atoms with Gasteiger partial charge in [0.05, 0.1) is 19.1 Å². The van der Waals surface area contributed by atoms with Crippen LogP contribution >= 0.6 is 0 Å². The molecule has 0 radical (unpaired) electrons. The summed E-state index contributed by atoms with van der Waals surface area (Å²) < 4.78 is 5.63. The molecule has 0 saturated carbocycles. The Morgan fingerprint density at radius 3 is 2.82 bits per heavy atom. The van der Waals surface area contributed by atoms with Crippen LogP contribution in [-0.2, 0) is 22.4 Å². The summed E-state index contributed by atoms with van der Waals surface area (Å²) in [6.07, 6.45) is 1.01. The third kappa shape index (κ3) is 3.54. The zero-order chi connectivity index (χ0) is 12.1. The van der Waals surface area contributed by atoms with Gasteiger partial charge in [0.15, 0.2) is 0 Å². The Morgan fingerprint density at radius 1 is 1.41 bits per heavy atom. The second-order valence-corrected chi connectivity index (χ2v) is 4.24. The molecule has 17 heavy (non-hydrogen) atoms. The van der Waals surface area contributed by atoms with Crippen molar-refractivity contribution in [1.82, 2.24) is 5.32 Å². The van der Waals surface area contributed by atoms with Crippen molar-refractivity contribution in [2.45, 2.75) is 18.9 Å². The average molecular weight is 235 g/mol. The van der Waals surface area contributed by atoms with Crippen molar-refractivity contribution in [3.05, 3.63) is 35.4 Å². The van der Waals surface area contributed by atoms with E-state index in [0.29, 0.717) is 0 Å². The van der Waals surface area contributed by atoms with E-state index >= 15 is 0 Å². The highest BCUT2D eigenvalue weighted by atomic mass is 16.5. The summed E-state index contributed by atoms with van der Waals surface area (Å²) in [7, 11) is 0. The van der Waals surface area contributed by atoms with E-state index in [2.05, 4.69) is 5.32 Å². The van der Waals surface area contributed by atoms with E-state index < -0.39 is 5.97 Å². The molecular weight excluding hydrogens is 218 g/mol. The lowest BCUT2D eigenvalue weighted by Crippen LogP contribution is -2.39. The summed E-state index contributed by atoms with van der Waals surface area (Å²) in [5.74, 6) is -0.792. The predicted octanol–water partition coefficient (Wildman–Crippen LogP) is 0.845. The van der Waals surface area contributed by atoms with Crippen LogP contribution in [0.2, 0.25) is 0 Å². The van der Waals surface area contributed by atoms with Crippen LogP contribution < -0.4 is 5.32 Å². The molecule has 2 N–H and O–H groups in total. The SMILES string of the molecule is O=C(O)Cc1ccccc1CC1CNCCO1. The number of aliphatic carboxylic acids is 1. The largest absolute Gasteiger partial charge is 0.481 e. The van der Waals surface area contributed by atoms with Gasteiger partial charge in [-0.1, -0.05) is 24.3 Å². The molecule has 1 aliphatic rings. The lowest BCUT2D eigenvalue weighted by molar-refractivity contribution is -0.136. The van der Waals surface area contributed by atoms with Crippen LogP contribution in [0.1, 0.15) is 11.1 Å². The van der Waals surface area contributed by atoms with E-state index in [1.807, 2.05) is 24.3 Å². The number of hydrogen-bond donors (Lipinski definition) is 2. The van der Waals surface area contributed by atoms with Crippen LogP contribution in [0.5, 0.6) is 0 Å². The van der Waals surface area contributed by atoms with Crippen molar-refractivity contribution >= 4 is 5.97 Å². The maximum atomic E-state index is 10.8. The quantitative estimate of drug-likeness (QED) is 0.812. The van der Waals surface area contributed by atoms with Crippen LogP contribution in [0.4, 0.5) is 0 Å². The molecule has 1 aliphatic heterocycles. The molecule has 1 atom stereocenters. The number of ether oxygens (including phenoxy) is 1. The number of rotatable bonds is 4. The van der Waals surface area contributed by atoms with Crippen molar-refractivity contribution in [1.29, 1.82) is 0 Å². The summed E-state index contributed by atoms with van der Waals surface area (Å²) in [6.45, 7) is 2.46. The average Bonchev–Trinajstić information content (AvgIpc) is 2.32. The lowest BCUT2D eigenvalue weighted by atomic mass is 9.99. The number of hydrogen-bond acceptors (Lipinski definition) is 3. The minimum atomic E-state index is -0.792. The van der Waals surface area contributed by atoms with Gasteiger partial charge in [-0.2, -0.15) is 0 Å². The Kier molecular flexibility index (Phi) is 4.12. The highest BCUT2D eigenvalue weighted by Gasteiger charge is 2.16. The van der Waals surface area contributed by atoms with Crippen molar-refractivity contribution in [3.8, 4) is 0 Å². The first-order valence-corrected chi connectivity index (χ1v) is 5.86. The predicted molar refractivity (Wildman–Crippen MR) is 64.1 cm³/mol. The first kappa shape index (κ1) is 12.1. The van der Waals surface area contributed by atoms with E-state index in [4.69, 9.17) is 9.84 Å². The number of benzene rings is 1. The van der Waals surface area contributed by atoms with E-state index in [1.165, 1.54) is 0 Å². The Balaban J connectivity index is 2.05. The molecule has 1 aromatic rings. The molecule has 1 fully saturated rings. The lowest BCUT2D eigenvalue weighted by Gasteiger charge is -2.24. The Hall–Kier alpha value is -1.39. The molecular formula is C13H17NO3. The minimum absolute atomic E-state index is 0.0797. The molecule has 1 heterocycles. The first-order valence-electron chi connectivity index (χ1n) is 5.86. The van der Waals surface area contributed by atoms with Gasteiger partial charge in [-0.25, -0.2) is 0 Å². The van der Waals surface area contributed by atoms with E-state index in [-0.39, 0.29) is 12.5 Å². The summed E-state index contributed by atoms with van der Waals surface area (Å²) in [5, 5.41) is 12.1. The molecule has 2 rings (SSSR count). The monoisotopic (exact) mass is 235 g/mol. The van der Waals surface area contributed by atoms with Crippen molar-refractivity contribution < 1.29 is 14.6 Å². The van der Waals surface area contributed by atoms with Gasteiger partial charge < -0.3 is 15.2 Å². The summed E-state index contributed by atoms with van der Waals surface area (Å²) in [6, 6.07) is 7.68. The van der Waals surface area contributed by atoms with Gasteiger partial charge in [-0.3, -0.25) is 4.79 Å². The second-order valence-electron chi connectivity index (χ2n) is 4.24. The summed E-state index contributed by atoms with van der Waals surface area (Å²) in [4.78, 5) is 10.8. The van der Waals surface area contributed by atoms with E-state index in [1.54, 1.807) is 0 Å². The van der Waals surface area contributed by atoms with Crippen LogP contribution in [0.3, 0.4) is 0 Å². The van der Waals surface area contributed by atoms with Gasteiger partial charge in [-0.05, 0) is 11.1 Å². The topological polar surface area (TPSA) is 58.6 Å². The third-order valence-electron chi connectivity index (χ3n) is 2.91. The molecule has 1 aromatic carbocycles. The standard InChI is InChI=1S/C13H17NO3/c15-13(16)8-11-4-2-1-3-10(11)7-12-9-14-5-6-17-12/h1-4,12,14H,5-9H2,(H,15,16). The number of nitrogens with one attached hydrogen (secondary N) is 1. The van der Waals surface area contributed by atoms with Gasteiger partial charge in [-0.15, -0.1) is 0 Å². The summed E-state index contributed by atoms with van der Waals surface area (Å²) in [5.41, 5.74) is 1.96. The van der Waals surface area contributed by atoms with Gasteiger partial charge in [0, 0.05) is 19.5 Å². The zero-order valence-corrected chi connectivity index (χ0v) is 9.69. The van der Waals surface area contributed by atoms with Gasteiger partial charge in [0.1, 0.15) is 0 Å². The van der Waals surface area contributed by atoms with Crippen LogP contribution in [-0.4, -0.2) is 36.9 Å². The molecule has 0 spiro atoms. The Bertz CT molecular complexity index is 386. The molecule has 0 aromatic heterocycles. The smallest absolute Gasteiger partial charge is 0.307 e. The molecule has 92 valence electrons. The maximum absolute atomic E-state index is 10.8. The van der Waals surface area contributed by atoms with Crippen molar-refractivity contribution in [2.24, 2.45) is 0 Å². The fourth-order valence-electron chi connectivity index (χ4n) is 2.09. The fourth-order valence-corrected chi connectivity index (χ4v) is 2.09. The molecule has 4 nitrogen and oxygen atoms in total. The fraction of sp³-hybridized carbons (Fsp3) is 0.462. The Morgan fingerprint density at radius 2 is 2.18 bits per heavy atom. The van der Waals surface area contributed by atoms with Crippen LogP contribution in [0.15, 0.2) is 24.3 Å². The second kappa shape index (κ2) is 5.80. The van der Waals surface area contributed by atoms with Crippen molar-refractivity contribution in [2.75, 3.05) is 19.7 Å². The molecule has 1 saturated heterocycles. The van der Waals surface area contributed by atoms with E-state index in [9.17, 15) is 4.79 Å². The Labute approximate surface area is 101 Å². The maximum Gasteiger partial charge on any atom is 0.307 e. The van der Waals surface area contributed by atoms with E-state index in [0.717, 1.165) is 37.2 Å². The molecule has 0 amide bonds. The summed E-state index contributed by atoms with van der Waals surface area (Å²) >= 11 is 0. The molecule has 1 unspecified atom stereocenters. The zero-order valence-electron chi connectivity index (χ0n) is 9.69. The minimum Gasteiger partial charge on any atom is -0.481 e. The van der Waals surface area contributed by atoms with Gasteiger partial charge in [0.2, 0.25) is 0 Å². The van der Waals surface area contributed by atoms with Crippen molar-refractivity contribution in [3.63, 3.8) is 0 Å². The number of carbonyl (C=O) groups is 1. The number of morpholine rings is 1. The normalized spacial score (nSPS) is 20.1. The van der Waals surface area contributed by atoms with Crippen LogP contribution in [0.25, 0.3) is 0 Å². The highest BCUT2D eigenvalue weighted by Crippen LogP contribution is 2.14. The molecule has 4 heteroatoms. The number of carboxylic acids is 1. The third-order valence-corrected chi connectivity index (χ3v) is 2.91. The van der Waals surface area contributed by atoms with Gasteiger partial charge >= 0.3 is 5.97 Å². The highest BCUT2D eigenvalue weighted by molar-refractivity contribution is 5.70.